The van der Waals surface area contributed by atoms with Crippen LogP contribution in [0.4, 0.5) is 0 Å². The summed E-state index contributed by atoms with van der Waals surface area (Å²) in [5, 5.41) is 8.25. The molecule has 0 saturated carbocycles. The zero-order chi connectivity index (χ0) is 17.6. The fraction of sp³-hybridized carbons (Fsp3) is 0.0556. The predicted molar refractivity (Wildman–Crippen MR) is 105 cm³/mol. The Morgan fingerprint density at radius 3 is 2.64 bits per heavy atom. The molecule has 1 amide bonds. The Morgan fingerprint density at radius 1 is 1.12 bits per heavy atom. The van der Waals surface area contributed by atoms with E-state index in [2.05, 4.69) is 47.5 Å². The maximum Gasteiger partial charge on any atom is 0.291 e. The molecule has 25 heavy (non-hydrogen) atoms. The number of halogens is 2. The van der Waals surface area contributed by atoms with Gasteiger partial charge in [0.15, 0.2) is 5.69 Å². The highest BCUT2D eigenvalue weighted by Crippen LogP contribution is 2.13. The first-order valence-corrected chi connectivity index (χ1v) is 9.05. The number of benzene rings is 2. The van der Waals surface area contributed by atoms with E-state index >= 15 is 0 Å². The molecule has 2 aromatic carbocycles. The molecule has 0 aliphatic rings. The van der Waals surface area contributed by atoms with E-state index in [9.17, 15) is 4.79 Å². The number of nitrogens with one attached hydrogen (secondary N) is 1. The van der Waals surface area contributed by atoms with E-state index in [4.69, 9.17) is 0 Å². The van der Waals surface area contributed by atoms with Gasteiger partial charge in [0.05, 0.1) is 12.8 Å². The van der Waals surface area contributed by atoms with Gasteiger partial charge in [-0.3, -0.25) is 9.48 Å². The van der Waals surface area contributed by atoms with Crippen LogP contribution in [-0.2, 0) is 6.54 Å². The number of amides is 1. The molecule has 3 aromatic rings. The lowest BCUT2D eigenvalue weighted by atomic mass is 10.2. The van der Waals surface area contributed by atoms with Gasteiger partial charge in [-0.25, -0.2) is 5.43 Å². The Bertz CT molecular complexity index is 921. The number of nitrogens with zero attached hydrogens (tertiary/aromatic N) is 3. The Labute approximate surface area is 162 Å². The van der Waals surface area contributed by atoms with Crippen molar-refractivity contribution in [2.24, 2.45) is 5.10 Å². The zero-order valence-electron chi connectivity index (χ0n) is 13.1. The van der Waals surface area contributed by atoms with Crippen molar-refractivity contribution in [3.8, 4) is 0 Å². The number of hydrogen-bond acceptors (Lipinski definition) is 3. The monoisotopic (exact) mass is 460 g/mol. The summed E-state index contributed by atoms with van der Waals surface area (Å²) in [4.78, 5) is 12.1. The van der Waals surface area contributed by atoms with E-state index in [0.717, 1.165) is 20.1 Å². The van der Waals surface area contributed by atoms with Gasteiger partial charge < -0.3 is 0 Å². The molecule has 1 N–H and O–H groups in total. The van der Waals surface area contributed by atoms with Gasteiger partial charge in [0.1, 0.15) is 0 Å². The van der Waals surface area contributed by atoms with Crippen LogP contribution in [0, 0.1) is 0 Å². The van der Waals surface area contributed by atoms with Crippen molar-refractivity contribution in [2.75, 3.05) is 0 Å². The molecule has 5 nitrogen and oxygen atoms in total. The van der Waals surface area contributed by atoms with Gasteiger partial charge in [0.2, 0.25) is 0 Å². The molecule has 0 bridgehead atoms. The van der Waals surface area contributed by atoms with Gasteiger partial charge in [-0.2, -0.15) is 10.2 Å². The smallest absolute Gasteiger partial charge is 0.268 e. The quantitative estimate of drug-likeness (QED) is 0.456. The molecule has 0 unspecified atom stereocenters. The number of aromatic nitrogens is 2. The van der Waals surface area contributed by atoms with Gasteiger partial charge in [-0.15, -0.1) is 0 Å². The second-order valence-electron chi connectivity index (χ2n) is 5.28. The third kappa shape index (κ3) is 5.11. The van der Waals surface area contributed by atoms with E-state index in [-0.39, 0.29) is 5.91 Å². The first kappa shape index (κ1) is 17.6. The summed E-state index contributed by atoms with van der Waals surface area (Å²) >= 11 is 6.83. The van der Waals surface area contributed by atoms with E-state index < -0.39 is 0 Å². The van der Waals surface area contributed by atoms with Crippen LogP contribution < -0.4 is 5.43 Å². The Kier molecular flexibility index (Phi) is 5.78. The summed E-state index contributed by atoms with van der Waals surface area (Å²) in [6.07, 6.45) is 3.36. The number of carbonyl (C=O) groups is 1. The number of hydrogen-bond donors (Lipinski definition) is 1. The Balaban J connectivity index is 1.60. The van der Waals surface area contributed by atoms with Crippen LogP contribution in [0.3, 0.4) is 0 Å². The standard InChI is InChI=1S/C18H14Br2N4O/c19-15-5-1-3-13(9-15)11-21-22-18(25)17-7-8-24(23-17)12-14-4-2-6-16(20)10-14/h1-11H,12H2,(H,22,25)/b21-11+. The molecule has 0 atom stereocenters. The van der Waals surface area contributed by atoms with E-state index in [1.807, 2.05) is 48.5 Å². The summed E-state index contributed by atoms with van der Waals surface area (Å²) in [5.74, 6) is -0.348. The highest BCUT2D eigenvalue weighted by atomic mass is 79.9. The molecule has 0 radical (unpaired) electrons. The van der Waals surface area contributed by atoms with Crippen molar-refractivity contribution in [3.05, 3.63) is 86.6 Å². The average Bonchev–Trinajstić information content (AvgIpc) is 3.03. The molecule has 0 fully saturated rings. The minimum absolute atomic E-state index is 0.321. The second-order valence-corrected chi connectivity index (χ2v) is 7.11. The lowest BCUT2D eigenvalue weighted by Crippen LogP contribution is -2.18. The molecule has 0 spiro atoms. The normalized spacial score (nSPS) is 11.0. The van der Waals surface area contributed by atoms with Crippen molar-refractivity contribution in [2.45, 2.75) is 6.54 Å². The first-order valence-electron chi connectivity index (χ1n) is 7.47. The molecular weight excluding hydrogens is 448 g/mol. The van der Waals surface area contributed by atoms with E-state index in [1.54, 1.807) is 23.2 Å². The predicted octanol–water partition coefficient (Wildman–Crippen LogP) is 4.22. The van der Waals surface area contributed by atoms with Crippen LogP contribution >= 0.6 is 31.9 Å². The van der Waals surface area contributed by atoms with Gasteiger partial charge >= 0.3 is 0 Å². The summed E-state index contributed by atoms with van der Waals surface area (Å²) in [5.41, 5.74) is 4.78. The molecule has 0 aliphatic heterocycles. The largest absolute Gasteiger partial charge is 0.291 e. The van der Waals surface area contributed by atoms with Crippen molar-refractivity contribution in [1.82, 2.24) is 15.2 Å². The SMILES string of the molecule is O=C(N/N=C/c1cccc(Br)c1)c1ccn(Cc2cccc(Br)c2)n1. The highest BCUT2D eigenvalue weighted by molar-refractivity contribution is 9.10. The minimum Gasteiger partial charge on any atom is -0.268 e. The van der Waals surface area contributed by atoms with Gasteiger partial charge in [-0.1, -0.05) is 56.1 Å². The number of hydrazone groups is 1. The van der Waals surface area contributed by atoms with E-state index in [1.165, 1.54) is 0 Å². The molecule has 1 aromatic heterocycles. The van der Waals surface area contributed by atoms with Crippen LogP contribution in [0.1, 0.15) is 21.6 Å². The highest BCUT2D eigenvalue weighted by Gasteiger charge is 2.08. The Morgan fingerprint density at radius 2 is 1.88 bits per heavy atom. The third-order valence-corrected chi connectivity index (χ3v) is 4.32. The fourth-order valence-corrected chi connectivity index (χ4v) is 3.07. The van der Waals surface area contributed by atoms with Crippen molar-refractivity contribution >= 4 is 44.0 Å². The summed E-state index contributed by atoms with van der Waals surface area (Å²) in [6, 6.07) is 17.3. The van der Waals surface area contributed by atoms with Crippen LogP contribution in [0.2, 0.25) is 0 Å². The third-order valence-electron chi connectivity index (χ3n) is 3.34. The summed E-state index contributed by atoms with van der Waals surface area (Å²) in [7, 11) is 0. The van der Waals surface area contributed by atoms with E-state index in [0.29, 0.717) is 12.2 Å². The van der Waals surface area contributed by atoms with Gasteiger partial charge in [0, 0.05) is 15.1 Å². The summed E-state index contributed by atoms with van der Waals surface area (Å²) < 4.78 is 3.68. The fourth-order valence-electron chi connectivity index (χ4n) is 2.20. The first-order chi connectivity index (χ1) is 12.1. The molecule has 0 saturated heterocycles. The topological polar surface area (TPSA) is 59.3 Å². The van der Waals surface area contributed by atoms with Crippen LogP contribution in [-0.4, -0.2) is 21.9 Å². The zero-order valence-corrected chi connectivity index (χ0v) is 16.2. The number of rotatable bonds is 5. The van der Waals surface area contributed by atoms with Crippen molar-refractivity contribution in [1.29, 1.82) is 0 Å². The van der Waals surface area contributed by atoms with Gasteiger partial charge in [-0.05, 0) is 41.5 Å². The molecule has 3 rings (SSSR count). The second kappa shape index (κ2) is 8.22. The lowest BCUT2D eigenvalue weighted by molar-refractivity contribution is 0.0949. The number of carbonyl (C=O) groups excluding carboxylic acids is 1. The molecular formula is C18H14Br2N4O. The maximum atomic E-state index is 12.1. The maximum absolute atomic E-state index is 12.1. The van der Waals surface area contributed by atoms with Crippen molar-refractivity contribution in [3.63, 3.8) is 0 Å². The summed E-state index contributed by atoms with van der Waals surface area (Å²) in [6.45, 7) is 0.591. The van der Waals surface area contributed by atoms with Crippen molar-refractivity contribution < 1.29 is 4.79 Å². The van der Waals surface area contributed by atoms with Gasteiger partial charge in [0.25, 0.3) is 5.91 Å². The van der Waals surface area contributed by atoms with Crippen LogP contribution in [0.5, 0.6) is 0 Å². The lowest BCUT2D eigenvalue weighted by Gasteiger charge is -2.02. The molecule has 0 aliphatic carbocycles. The molecule has 126 valence electrons. The average molecular weight is 462 g/mol. The molecule has 1 heterocycles. The van der Waals surface area contributed by atoms with Crippen LogP contribution in [0.25, 0.3) is 0 Å². The minimum atomic E-state index is -0.348. The van der Waals surface area contributed by atoms with Crippen LogP contribution in [0.15, 0.2) is 74.8 Å². The molecule has 7 heteroatoms. The Hall–Kier alpha value is -2.25.